The average molecular weight is 288 g/mol. The predicted octanol–water partition coefficient (Wildman–Crippen LogP) is 1.23. The van der Waals surface area contributed by atoms with E-state index in [1.165, 1.54) is 25.4 Å². The van der Waals surface area contributed by atoms with Crippen LogP contribution in [-0.2, 0) is 9.59 Å². The molecule has 1 aliphatic rings. The second-order valence-electron chi connectivity index (χ2n) is 4.99. The molecule has 2 rings (SSSR count). The Hall–Kier alpha value is -2.63. The van der Waals surface area contributed by atoms with E-state index in [0.29, 0.717) is 27.3 Å². The van der Waals surface area contributed by atoms with Gasteiger partial charge in [-0.05, 0) is 26.8 Å². The highest BCUT2D eigenvalue weighted by atomic mass is 16.5. The standard InChI is InChI=1S/C15H16N2O4/c1-8-12(10(3)18)14(11-5-4-6-17(21)7-11)13(15(19)20)9(2)16-8/h4-7,14,16H,1-3H3,(H,19,20). The zero-order valence-electron chi connectivity index (χ0n) is 12.0. The molecule has 2 N–H and O–H groups in total. The van der Waals surface area contributed by atoms with E-state index in [4.69, 9.17) is 0 Å². The molecule has 0 bridgehead atoms. The van der Waals surface area contributed by atoms with Crippen molar-refractivity contribution in [1.82, 2.24) is 5.32 Å². The van der Waals surface area contributed by atoms with E-state index in [-0.39, 0.29) is 11.4 Å². The normalized spacial score (nSPS) is 18.5. The minimum atomic E-state index is -1.11. The topological polar surface area (TPSA) is 93.3 Å². The highest BCUT2D eigenvalue weighted by Crippen LogP contribution is 2.37. The fourth-order valence-electron chi connectivity index (χ4n) is 2.72. The number of pyridine rings is 1. The fourth-order valence-corrected chi connectivity index (χ4v) is 2.72. The highest BCUT2D eigenvalue weighted by molar-refractivity contribution is 6.01. The number of nitrogens with one attached hydrogen (secondary N) is 1. The Morgan fingerprint density at radius 1 is 1.29 bits per heavy atom. The third-order valence-corrected chi connectivity index (χ3v) is 3.50. The van der Waals surface area contributed by atoms with Crippen LogP contribution in [-0.4, -0.2) is 16.9 Å². The van der Waals surface area contributed by atoms with Crippen LogP contribution in [0.25, 0.3) is 0 Å². The molecule has 6 heteroatoms. The van der Waals surface area contributed by atoms with Crippen LogP contribution >= 0.6 is 0 Å². The number of dihydropyridines is 1. The monoisotopic (exact) mass is 288 g/mol. The summed E-state index contributed by atoms with van der Waals surface area (Å²) in [6.07, 6.45) is 2.61. The molecule has 0 aliphatic carbocycles. The van der Waals surface area contributed by atoms with Crippen molar-refractivity contribution in [2.45, 2.75) is 26.7 Å². The molecule has 0 spiro atoms. The molecule has 21 heavy (non-hydrogen) atoms. The van der Waals surface area contributed by atoms with Gasteiger partial charge in [0.1, 0.15) is 0 Å². The van der Waals surface area contributed by atoms with Crippen LogP contribution in [0, 0.1) is 5.21 Å². The van der Waals surface area contributed by atoms with Gasteiger partial charge in [0, 0.05) is 28.6 Å². The summed E-state index contributed by atoms with van der Waals surface area (Å²) in [4.78, 5) is 23.5. The molecule has 2 heterocycles. The number of nitrogens with zero attached hydrogens (tertiary/aromatic N) is 1. The Kier molecular flexibility index (Phi) is 3.80. The van der Waals surface area contributed by atoms with E-state index in [1.807, 2.05) is 0 Å². The lowest BCUT2D eigenvalue weighted by Gasteiger charge is -2.28. The molecule has 6 nitrogen and oxygen atoms in total. The Morgan fingerprint density at radius 3 is 2.43 bits per heavy atom. The number of rotatable bonds is 3. The minimum Gasteiger partial charge on any atom is -0.619 e. The molecule has 1 unspecified atom stereocenters. The Labute approximate surface area is 122 Å². The summed E-state index contributed by atoms with van der Waals surface area (Å²) in [6, 6.07) is 3.18. The molecule has 0 saturated heterocycles. The molecule has 110 valence electrons. The van der Waals surface area contributed by atoms with Crippen molar-refractivity contribution in [1.29, 1.82) is 0 Å². The molecular formula is C15H16N2O4. The van der Waals surface area contributed by atoms with Crippen molar-refractivity contribution >= 4 is 11.8 Å². The van der Waals surface area contributed by atoms with Crippen LogP contribution in [0.15, 0.2) is 47.1 Å². The van der Waals surface area contributed by atoms with Crippen molar-refractivity contribution in [3.63, 3.8) is 0 Å². The molecular weight excluding hydrogens is 272 g/mol. The van der Waals surface area contributed by atoms with Gasteiger partial charge >= 0.3 is 5.97 Å². The lowest BCUT2D eigenvalue weighted by molar-refractivity contribution is -0.605. The number of Topliss-reactive ketones (excluding diaryl/α,β-unsaturated/α-hetero) is 1. The third-order valence-electron chi connectivity index (χ3n) is 3.50. The maximum absolute atomic E-state index is 12.0. The number of carboxylic acids is 1. The summed E-state index contributed by atoms with van der Waals surface area (Å²) in [5.41, 5.74) is 2.00. The van der Waals surface area contributed by atoms with Crippen LogP contribution < -0.4 is 10.0 Å². The average Bonchev–Trinajstić information content (AvgIpc) is 2.36. The molecule has 1 aromatic heterocycles. The third kappa shape index (κ3) is 2.65. The van der Waals surface area contributed by atoms with E-state index >= 15 is 0 Å². The van der Waals surface area contributed by atoms with Gasteiger partial charge in [-0.1, -0.05) is 0 Å². The van der Waals surface area contributed by atoms with Gasteiger partial charge in [-0.2, -0.15) is 4.73 Å². The summed E-state index contributed by atoms with van der Waals surface area (Å²) < 4.78 is 0.596. The van der Waals surface area contributed by atoms with Crippen molar-refractivity contribution in [2.24, 2.45) is 0 Å². The quantitative estimate of drug-likeness (QED) is 0.644. The summed E-state index contributed by atoms with van der Waals surface area (Å²) in [5, 5.41) is 23.9. The number of aromatic nitrogens is 1. The SMILES string of the molecule is CC(=O)C1=C(C)NC(C)=C(C(=O)O)C1c1ccc[n+]([O-])c1. The largest absolute Gasteiger partial charge is 0.619 e. The second-order valence-corrected chi connectivity index (χ2v) is 4.99. The summed E-state index contributed by atoms with van der Waals surface area (Å²) in [5.74, 6) is -2.09. The number of ketones is 1. The molecule has 0 aromatic carbocycles. The lowest BCUT2D eigenvalue weighted by Crippen LogP contribution is -2.32. The maximum Gasteiger partial charge on any atom is 0.334 e. The zero-order valence-corrected chi connectivity index (χ0v) is 12.0. The number of carboxylic acid groups (broad SMARTS) is 1. The Balaban J connectivity index is 2.70. The second kappa shape index (κ2) is 5.40. The van der Waals surface area contributed by atoms with Crippen LogP contribution in [0.5, 0.6) is 0 Å². The molecule has 0 saturated carbocycles. The van der Waals surface area contributed by atoms with Crippen molar-refractivity contribution < 1.29 is 19.4 Å². The highest BCUT2D eigenvalue weighted by Gasteiger charge is 2.35. The van der Waals surface area contributed by atoms with E-state index < -0.39 is 11.9 Å². The number of hydrogen-bond acceptors (Lipinski definition) is 4. The molecule has 1 aromatic rings. The first kappa shape index (κ1) is 14.8. The molecule has 0 fully saturated rings. The van der Waals surface area contributed by atoms with Gasteiger partial charge < -0.3 is 15.6 Å². The van der Waals surface area contributed by atoms with Crippen LogP contribution in [0.3, 0.4) is 0 Å². The van der Waals surface area contributed by atoms with Gasteiger partial charge in [0.05, 0.1) is 11.5 Å². The van der Waals surface area contributed by atoms with E-state index in [0.717, 1.165) is 0 Å². The fraction of sp³-hybridized carbons (Fsp3) is 0.267. The molecule has 1 aliphatic heterocycles. The van der Waals surface area contributed by atoms with Gasteiger partial charge in [0.25, 0.3) is 0 Å². The Bertz CT molecular complexity index is 653. The van der Waals surface area contributed by atoms with Gasteiger partial charge in [0.15, 0.2) is 18.2 Å². The first-order chi connectivity index (χ1) is 9.82. The van der Waals surface area contributed by atoms with Crippen LogP contribution in [0.1, 0.15) is 32.3 Å². The van der Waals surface area contributed by atoms with Crippen LogP contribution in [0.4, 0.5) is 0 Å². The number of carbonyl (C=O) groups is 2. The van der Waals surface area contributed by atoms with Gasteiger partial charge in [0.2, 0.25) is 0 Å². The first-order valence-corrected chi connectivity index (χ1v) is 6.44. The number of hydrogen-bond donors (Lipinski definition) is 2. The van der Waals surface area contributed by atoms with Crippen LogP contribution in [0.2, 0.25) is 0 Å². The number of carbonyl (C=O) groups excluding carboxylic acids is 1. The number of allylic oxidation sites excluding steroid dienone is 3. The van der Waals surface area contributed by atoms with E-state index in [1.54, 1.807) is 19.9 Å². The van der Waals surface area contributed by atoms with E-state index in [9.17, 15) is 19.9 Å². The van der Waals surface area contributed by atoms with Gasteiger partial charge in [-0.25, -0.2) is 4.79 Å². The van der Waals surface area contributed by atoms with E-state index in [2.05, 4.69) is 5.32 Å². The van der Waals surface area contributed by atoms with Crippen molar-refractivity contribution in [3.05, 3.63) is 57.8 Å². The zero-order chi connectivity index (χ0) is 15.7. The smallest absolute Gasteiger partial charge is 0.334 e. The summed E-state index contributed by atoms with van der Waals surface area (Å²) in [6.45, 7) is 4.76. The first-order valence-electron chi connectivity index (χ1n) is 6.44. The Morgan fingerprint density at radius 2 is 1.90 bits per heavy atom. The van der Waals surface area contributed by atoms with Crippen molar-refractivity contribution in [3.8, 4) is 0 Å². The van der Waals surface area contributed by atoms with Gasteiger partial charge in [-0.3, -0.25) is 4.79 Å². The molecule has 0 radical (unpaired) electrons. The summed E-state index contributed by atoms with van der Waals surface area (Å²) in [7, 11) is 0. The molecule has 0 amide bonds. The molecule has 1 atom stereocenters. The maximum atomic E-state index is 12.0. The number of aliphatic carboxylic acids is 1. The summed E-state index contributed by atoms with van der Waals surface area (Å²) >= 11 is 0. The van der Waals surface area contributed by atoms with Gasteiger partial charge in [-0.15, -0.1) is 0 Å². The van der Waals surface area contributed by atoms with Crippen molar-refractivity contribution in [2.75, 3.05) is 0 Å². The minimum absolute atomic E-state index is 0.0806. The predicted molar refractivity (Wildman–Crippen MR) is 75.0 cm³/mol. The lowest BCUT2D eigenvalue weighted by atomic mass is 9.79.